The number of carbonyl (C=O) groups excluding carboxylic acids is 1. The van der Waals surface area contributed by atoms with E-state index < -0.39 is 17.0 Å². The van der Waals surface area contributed by atoms with Gasteiger partial charge >= 0.3 is 6.18 Å². The molecule has 0 spiro atoms. The van der Waals surface area contributed by atoms with Gasteiger partial charge in [0, 0.05) is 11.8 Å². The monoisotopic (exact) mass is 288 g/mol. The van der Waals surface area contributed by atoms with Gasteiger partial charge in [-0.3, -0.25) is 4.79 Å². The van der Waals surface area contributed by atoms with Gasteiger partial charge in [-0.25, -0.2) is 4.98 Å². The molecule has 0 aliphatic carbocycles. The zero-order valence-electron chi connectivity index (χ0n) is 9.70. The highest BCUT2D eigenvalue weighted by Gasteiger charge is 2.34. The highest BCUT2D eigenvalue weighted by atomic mass is 35.5. The van der Waals surface area contributed by atoms with Crippen molar-refractivity contribution in [1.82, 2.24) is 9.55 Å². The van der Waals surface area contributed by atoms with Crippen LogP contribution in [0, 0.1) is 6.92 Å². The molecule has 3 nitrogen and oxygen atoms in total. The van der Waals surface area contributed by atoms with Gasteiger partial charge in [-0.05, 0) is 36.7 Å². The topological polar surface area (TPSA) is 34.9 Å². The Bertz CT molecular complexity index is 634. The highest BCUT2D eigenvalue weighted by Crippen LogP contribution is 2.34. The average molecular weight is 289 g/mol. The number of halogens is 4. The summed E-state index contributed by atoms with van der Waals surface area (Å²) >= 11 is 5.20. The van der Waals surface area contributed by atoms with Crippen LogP contribution < -0.4 is 0 Å². The van der Waals surface area contributed by atoms with E-state index in [9.17, 15) is 18.0 Å². The summed E-state index contributed by atoms with van der Waals surface area (Å²) in [7, 11) is 0. The Morgan fingerprint density at radius 2 is 2.05 bits per heavy atom. The first kappa shape index (κ1) is 13.6. The fourth-order valence-electron chi connectivity index (χ4n) is 1.66. The summed E-state index contributed by atoms with van der Waals surface area (Å²) in [5.74, 6) is 0. The van der Waals surface area contributed by atoms with Crippen molar-refractivity contribution in [2.24, 2.45) is 0 Å². The standard InChI is InChI=1S/C12H8ClF3N2O/c1-7-5-18(6-17-7)10-3-2-8(11(13)19)4-9(10)12(14,15)16/h2-6H,1H3. The Balaban J connectivity index is 2.64. The van der Waals surface area contributed by atoms with E-state index in [0.717, 1.165) is 6.07 Å². The molecule has 0 bridgehead atoms. The van der Waals surface area contributed by atoms with Gasteiger partial charge in [0.2, 0.25) is 0 Å². The number of rotatable bonds is 2. The van der Waals surface area contributed by atoms with Gasteiger partial charge in [-0.1, -0.05) is 0 Å². The number of nitrogens with zero attached hydrogens (tertiary/aromatic N) is 2. The second kappa shape index (κ2) is 4.70. The van der Waals surface area contributed by atoms with Gasteiger partial charge in [-0.2, -0.15) is 13.2 Å². The van der Waals surface area contributed by atoms with Crippen molar-refractivity contribution < 1.29 is 18.0 Å². The van der Waals surface area contributed by atoms with Crippen LogP contribution in [-0.2, 0) is 6.18 Å². The van der Waals surface area contributed by atoms with Crippen molar-refractivity contribution in [3.05, 3.63) is 47.5 Å². The lowest BCUT2D eigenvalue weighted by molar-refractivity contribution is -0.137. The Hall–Kier alpha value is -1.82. The summed E-state index contributed by atoms with van der Waals surface area (Å²) in [4.78, 5) is 14.8. The van der Waals surface area contributed by atoms with Crippen LogP contribution in [0.2, 0.25) is 0 Å². The first-order valence-corrected chi connectivity index (χ1v) is 5.59. The van der Waals surface area contributed by atoms with Crippen LogP contribution in [0.3, 0.4) is 0 Å². The normalized spacial score (nSPS) is 11.6. The number of aryl methyl sites for hydroxylation is 1. The molecule has 1 heterocycles. The molecule has 1 aromatic heterocycles. The fraction of sp³-hybridized carbons (Fsp3) is 0.167. The smallest absolute Gasteiger partial charge is 0.305 e. The van der Waals surface area contributed by atoms with E-state index >= 15 is 0 Å². The van der Waals surface area contributed by atoms with Crippen LogP contribution in [0.1, 0.15) is 21.6 Å². The Kier molecular flexibility index (Phi) is 3.36. The minimum Gasteiger partial charge on any atom is -0.305 e. The minimum atomic E-state index is -4.59. The van der Waals surface area contributed by atoms with Crippen LogP contribution in [0.4, 0.5) is 13.2 Å². The molecule has 1 aromatic carbocycles. The lowest BCUT2D eigenvalue weighted by Gasteiger charge is -2.14. The van der Waals surface area contributed by atoms with Gasteiger partial charge < -0.3 is 4.57 Å². The molecule has 0 unspecified atom stereocenters. The molecular formula is C12H8ClF3N2O. The molecular weight excluding hydrogens is 281 g/mol. The third-order valence-electron chi connectivity index (χ3n) is 2.52. The lowest BCUT2D eigenvalue weighted by Crippen LogP contribution is -2.11. The second-order valence-electron chi connectivity index (χ2n) is 3.93. The minimum absolute atomic E-state index is 0.102. The molecule has 0 saturated heterocycles. The summed E-state index contributed by atoms with van der Waals surface area (Å²) in [5, 5.41) is -0.932. The largest absolute Gasteiger partial charge is 0.418 e. The zero-order chi connectivity index (χ0) is 14.2. The molecule has 0 saturated carbocycles. The number of carbonyl (C=O) groups is 1. The molecule has 0 radical (unpaired) electrons. The Morgan fingerprint density at radius 3 is 2.53 bits per heavy atom. The summed E-state index contributed by atoms with van der Waals surface area (Å²) in [5.41, 5.74) is -0.647. The van der Waals surface area contributed by atoms with Crippen molar-refractivity contribution in [2.45, 2.75) is 13.1 Å². The van der Waals surface area contributed by atoms with Gasteiger partial charge in [0.25, 0.3) is 5.24 Å². The number of aromatic nitrogens is 2. The zero-order valence-corrected chi connectivity index (χ0v) is 10.5. The van der Waals surface area contributed by atoms with E-state index in [1.54, 1.807) is 6.92 Å². The molecule has 0 N–H and O–H groups in total. The van der Waals surface area contributed by atoms with Crippen molar-refractivity contribution >= 4 is 16.8 Å². The predicted octanol–water partition coefficient (Wildman–Crippen LogP) is 3.58. The molecule has 2 rings (SSSR count). The van der Waals surface area contributed by atoms with E-state index in [1.807, 2.05) is 0 Å². The number of alkyl halides is 3. The number of benzene rings is 1. The van der Waals surface area contributed by atoms with Crippen molar-refractivity contribution in [2.75, 3.05) is 0 Å². The Morgan fingerprint density at radius 1 is 1.37 bits per heavy atom. The first-order valence-electron chi connectivity index (χ1n) is 5.21. The van der Waals surface area contributed by atoms with Crippen LogP contribution >= 0.6 is 11.6 Å². The molecule has 7 heteroatoms. The third kappa shape index (κ3) is 2.78. The van der Waals surface area contributed by atoms with Gasteiger partial charge in [-0.15, -0.1) is 0 Å². The molecule has 0 aliphatic rings. The maximum atomic E-state index is 13.0. The summed E-state index contributed by atoms with van der Waals surface area (Å²) in [6.07, 6.45) is -1.84. The van der Waals surface area contributed by atoms with E-state index in [2.05, 4.69) is 4.98 Å². The van der Waals surface area contributed by atoms with E-state index in [4.69, 9.17) is 11.6 Å². The maximum Gasteiger partial charge on any atom is 0.418 e. The van der Waals surface area contributed by atoms with Gasteiger partial charge in [0.15, 0.2) is 0 Å². The van der Waals surface area contributed by atoms with Crippen molar-refractivity contribution in [3.63, 3.8) is 0 Å². The molecule has 0 amide bonds. The van der Waals surface area contributed by atoms with E-state index in [-0.39, 0.29) is 11.3 Å². The van der Waals surface area contributed by atoms with Gasteiger partial charge in [0.05, 0.1) is 23.3 Å². The van der Waals surface area contributed by atoms with Crippen molar-refractivity contribution in [1.29, 1.82) is 0 Å². The summed E-state index contributed by atoms with van der Waals surface area (Å²) in [6, 6.07) is 3.18. The predicted molar refractivity (Wildman–Crippen MR) is 63.5 cm³/mol. The maximum absolute atomic E-state index is 13.0. The third-order valence-corrected chi connectivity index (χ3v) is 2.74. The van der Waals surface area contributed by atoms with Crippen LogP contribution in [0.25, 0.3) is 5.69 Å². The fourth-order valence-corrected chi connectivity index (χ4v) is 1.78. The molecule has 2 aromatic rings. The number of imidazole rings is 1. The number of hydrogen-bond donors (Lipinski definition) is 0. The lowest BCUT2D eigenvalue weighted by atomic mass is 10.1. The first-order chi connectivity index (χ1) is 8.79. The van der Waals surface area contributed by atoms with Gasteiger partial charge in [0.1, 0.15) is 0 Å². The average Bonchev–Trinajstić information content (AvgIpc) is 2.73. The Labute approximate surface area is 111 Å². The summed E-state index contributed by atoms with van der Waals surface area (Å²) in [6.45, 7) is 1.67. The molecule has 100 valence electrons. The summed E-state index contributed by atoms with van der Waals surface area (Å²) < 4.78 is 40.2. The highest BCUT2D eigenvalue weighted by molar-refractivity contribution is 6.67. The quantitative estimate of drug-likeness (QED) is 0.792. The van der Waals surface area contributed by atoms with Crippen LogP contribution in [-0.4, -0.2) is 14.8 Å². The molecule has 0 atom stereocenters. The van der Waals surface area contributed by atoms with Crippen molar-refractivity contribution in [3.8, 4) is 5.69 Å². The van der Waals surface area contributed by atoms with Crippen LogP contribution in [0.15, 0.2) is 30.7 Å². The molecule has 0 fully saturated rings. The SMILES string of the molecule is Cc1cn(-c2ccc(C(=O)Cl)cc2C(F)(F)F)cn1. The molecule has 0 aliphatic heterocycles. The molecule has 19 heavy (non-hydrogen) atoms. The van der Waals surface area contributed by atoms with Crippen LogP contribution in [0.5, 0.6) is 0 Å². The number of hydrogen-bond acceptors (Lipinski definition) is 2. The van der Waals surface area contributed by atoms with E-state index in [0.29, 0.717) is 5.69 Å². The van der Waals surface area contributed by atoms with E-state index in [1.165, 1.54) is 29.2 Å². The second-order valence-corrected chi connectivity index (χ2v) is 4.27.